The molecule has 0 atom stereocenters. The lowest BCUT2D eigenvalue weighted by molar-refractivity contribution is 0.579. The van der Waals surface area contributed by atoms with Crippen molar-refractivity contribution in [1.29, 1.82) is 0 Å². The number of aromatic nitrogens is 1. The minimum atomic E-state index is 0.292. The van der Waals surface area contributed by atoms with Crippen molar-refractivity contribution in [3.63, 3.8) is 0 Å². The van der Waals surface area contributed by atoms with E-state index in [4.69, 9.17) is 34.8 Å². The molecular formula is C11H13Cl3N2. The molecule has 1 aromatic rings. The van der Waals surface area contributed by atoms with Gasteiger partial charge in [0.25, 0.3) is 0 Å². The smallest absolute Gasteiger partial charge is 0.150 e. The van der Waals surface area contributed by atoms with Gasteiger partial charge >= 0.3 is 0 Å². The van der Waals surface area contributed by atoms with Gasteiger partial charge in [0.15, 0.2) is 0 Å². The van der Waals surface area contributed by atoms with E-state index in [9.17, 15) is 0 Å². The average Bonchev–Trinajstić information content (AvgIpc) is 2.74. The van der Waals surface area contributed by atoms with Gasteiger partial charge in [-0.25, -0.2) is 4.98 Å². The lowest BCUT2D eigenvalue weighted by Gasteiger charge is -2.12. The van der Waals surface area contributed by atoms with Gasteiger partial charge in [0.2, 0.25) is 0 Å². The molecule has 1 heterocycles. The van der Waals surface area contributed by atoms with E-state index < -0.39 is 0 Å². The van der Waals surface area contributed by atoms with Crippen molar-refractivity contribution >= 4 is 40.6 Å². The molecule has 88 valence electrons. The first-order valence-electron chi connectivity index (χ1n) is 5.42. The van der Waals surface area contributed by atoms with Crippen LogP contribution < -0.4 is 5.32 Å². The fraction of sp³-hybridized carbons (Fsp3) is 0.545. The van der Waals surface area contributed by atoms with Crippen molar-refractivity contribution in [3.05, 3.63) is 21.3 Å². The van der Waals surface area contributed by atoms with Crippen LogP contribution >= 0.6 is 34.8 Å². The Kier molecular flexibility index (Phi) is 4.17. The first kappa shape index (κ1) is 12.3. The second-order valence-corrected chi connectivity index (χ2v) is 5.30. The molecule has 1 saturated carbocycles. The number of anilines is 1. The highest BCUT2D eigenvalue weighted by atomic mass is 35.5. The quantitative estimate of drug-likeness (QED) is 0.815. The van der Waals surface area contributed by atoms with Crippen molar-refractivity contribution in [1.82, 2.24) is 4.98 Å². The fourth-order valence-electron chi connectivity index (χ4n) is 2.02. The maximum absolute atomic E-state index is 6.02. The lowest BCUT2D eigenvalue weighted by atomic mass is 10.1. The Morgan fingerprint density at radius 1 is 1.19 bits per heavy atom. The third-order valence-corrected chi connectivity index (χ3v) is 3.88. The van der Waals surface area contributed by atoms with Gasteiger partial charge in [0, 0.05) is 6.54 Å². The molecule has 5 heteroatoms. The summed E-state index contributed by atoms with van der Waals surface area (Å²) in [4.78, 5) is 4.12. The molecule has 0 bridgehead atoms. The summed E-state index contributed by atoms with van der Waals surface area (Å²) in [5.41, 5.74) is 0. The van der Waals surface area contributed by atoms with E-state index in [1.54, 1.807) is 6.07 Å². The predicted molar refractivity (Wildman–Crippen MR) is 69.7 cm³/mol. The molecule has 2 rings (SSSR count). The van der Waals surface area contributed by atoms with Crippen molar-refractivity contribution in [2.24, 2.45) is 5.92 Å². The number of hydrogen-bond donors (Lipinski definition) is 1. The Morgan fingerprint density at radius 2 is 1.88 bits per heavy atom. The van der Waals surface area contributed by atoms with Crippen LogP contribution in [0.5, 0.6) is 0 Å². The van der Waals surface area contributed by atoms with Gasteiger partial charge in [-0.1, -0.05) is 47.6 Å². The van der Waals surface area contributed by atoms with Gasteiger partial charge < -0.3 is 5.32 Å². The Labute approximate surface area is 110 Å². The second kappa shape index (κ2) is 5.44. The molecule has 1 fully saturated rings. The molecule has 0 unspecified atom stereocenters. The summed E-state index contributed by atoms with van der Waals surface area (Å²) in [6.07, 6.45) is 5.22. The van der Waals surface area contributed by atoms with Gasteiger partial charge in [-0.05, 0) is 24.8 Å². The van der Waals surface area contributed by atoms with E-state index >= 15 is 0 Å². The Hall–Kier alpha value is -0.180. The van der Waals surface area contributed by atoms with Crippen molar-refractivity contribution < 1.29 is 0 Å². The van der Waals surface area contributed by atoms with Gasteiger partial charge in [-0.2, -0.15) is 0 Å². The molecule has 2 nitrogen and oxygen atoms in total. The van der Waals surface area contributed by atoms with Gasteiger partial charge in [-0.3, -0.25) is 0 Å². The van der Waals surface area contributed by atoms with Gasteiger partial charge in [0.05, 0.1) is 10.0 Å². The summed E-state index contributed by atoms with van der Waals surface area (Å²) >= 11 is 17.7. The summed E-state index contributed by atoms with van der Waals surface area (Å²) < 4.78 is 0. The maximum atomic E-state index is 6.02. The second-order valence-electron chi connectivity index (χ2n) is 4.12. The number of halogens is 3. The van der Waals surface area contributed by atoms with E-state index in [0.717, 1.165) is 12.5 Å². The molecule has 0 aromatic carbocycles. The number of nitrogens with zero attached hydrogens (tertiary/aromatic N) is 1. The average molecular weight is 280 g/mol. The topological polar surface area (TPSA) is 24.9 Å². The van der Waals surface area contributed by atoms with E-state index in [0.29, 0.717) is 21.0 Å². The van der Waals surface area contributed by atoms with Crippen LogP contribution in [0.15, 0.2) is 6.07 Å². The molecule has 1 N–H and O–H groups in total. The maximum Gasteiger partial charge on any atom is 0.150 e. The molecule has 1 aromatic heterocycles. The number of rotatable bonds is 3. The zero-order chi connectivity index (χ0) is 11.5. The summed E-state index contributed by atoms with van der Waals surface area (Å²) in [6.45, 7) is 0.907. The highest BCUT2D eigenvalue weighted by Gasteiger charge is 2.15. The van der Waals surface area contributed by atoms with Crippen LogP contribution in [-0.2, 0) is 0 Å². The first-order chi connectivity index (χ1) is 7.66. The van der Waals surface area contributed by atoms with Crippen LogP contribution in [-0.4, -0.2) is 11.5 Å². The highest BCUT2D eigenvalue weighted by Crippen LogP contribution is 2.30. The molecule has 0 aliphatic heterocycles. The van der Waals surface area contributed by atoms with Crippen LogP contribution in [0.2, 0.25) is 15.2 Å². The van der Waals surface area contributed by atoms with Crippen LogP contribution in [0.4, 0.5) is 5.82 Å². The molecule has 1 aliphatic rings. The Bertz CT molecular complexity index is 376. The summed E-state index contributed by atoms with van der Waals surface area (Å²) in [5, 5.41) is 4.44. The number of pyridine rings is 1. The van der Waals surface area contributed by atoms with Crippen molar-refractivity contribution in [2.45, 2.75) is 25.7 Å². The summed E-state index contributed by atoms with van der Waals surface area (Å²) in [6, 6.07) is 1.62. The van der Waals surface area contributed by atoms with Crippen LogP contribution in [0, 0.1) is 5.92 Å². The lowest BCUT2D eigenvalue weighted by Crippen LogP contribution is -2.12. The van der Waals surface area contributed by atoms with E-state index in [1.807, 2.05) is 0 Å². The molecule has 1 aliphatic carbocycles. The zero-order valence-corrected chi connectivity index (χ0v) is 11.0. The summed E-state index contributed by atoms with van der Waals surface area (Å²) in [7, 11) is 0. The third kappa shape index (κ3) is 2.93. The fourth-order valence-corrected chi connectivity index (χ4v) is 2.59. The van der Waals surface area contributed by atoms with Gasteiger partial charge in [0.1, 0.15) is 11.0 Å². The zero-order valence-electron chi connectivity index (χ0n) is 8.77. The molecule has 0 amide bonds. The monoisotopic (exact) mass is 278 g/mol. The first-order valence-corrected chi connectivity index (χ1v) is 6.55. The molecule has 0 radical (unpaired) electrons. The van der Waals surface area contributed by atoms with E-state index in [1.165, 1.54) is 25.7 Å². The largest absolute Gasteiger partial charge is 0.369 e. The number of hydrogen-bond acceptors (Lipinski definition) is 2. The molecular weight excluding hydrogens is 266 g/mol. The van der Waals surface area contributed by atoms with Gasteiger partial charge in [-0.15, -0.1) is 0 Å². The highest BCUT2D eigenvalue weighted by molar-refractivity contribution is 6.42. The van der Waals surface area contributed by atoms with E-state index in [-0.39, 0.29) is 0 Å². The minimum Gasteiger partial charge on any atom is -0.369 e. The minimum absolute atomic E-state index is 0.292. The van der Waals surface area contributed by atoms with Crippen molar-refractivity contribution in [2.75, 3.05) is 11.9 Å². The van der Waals surface area contributed by atoms with Crippen LogP contribution in [0.25, 0.3) is 0 Å². The Balaban J connectivity index is 2.00. The van der Waals surface area contributed by atoms with E-state index in [2.05, 4.69) is 10.3 Å². The van der Waals surface area contributed by atoms with Crippen LogP contribution in [0.3, 0.4) is 0 Å². The number of nitrogens with one attached hydrogen (secondary N) is 1. The summed E-state index contributed by atoms with van der Waals surface area (Å²) in [5.74, 6) is 1.36. The SMILES string of the molecule is Clc1cc(Cl)c(NCC2CCCC2)nc1Cl. The molecule has 0 saturated heterocycles. The third-order valence-electron chi connectivity index (χ3n) is 2.92. The molecule has 0 spiro atoms. The Morgan fingerprint density at radius 3 is 2.56 bits per heavy atom. The van der Waals surface area contributed by atoms with Crippen molar-refractivity contribution in [3.8, 4) is 0 Å². The molecule has 16 heavy (non-hydrogen) atoms. The standard InChI is InChI=1S/C11H13Cl3N2/c12-8-5-9(13)11(16-10(8)14)15-6-7-3-1-2-4-7/h5,7H,1-4,6H2,(H,15,16). The normalized spacial score (nSPS) is 16.7. The van der Waals surface area contributed by atoms with Crippen LogP contribution in [0.1, 0.15) is 25.7 Å². The predicted octanol–water partition coefficient (Wildman–Crippen LogP) is 4.64.